The Balaban J connectivity index is 1.55. The Bertz CT molecular complexity index is 620. The van der Waals surface area contributed by atoms with Crippen molar-refractivity contribution in [2.45, 2.75) is 19.4 Å². The van der Waals surface area contributed by atoms with Crippen molar-refractivity contribution in [1.29, 1.82) is 0 Å². The molecule has 1 aromatic heterocycles. The molecule has 0 saturated carbocycles. The first-order valence-corrected chi connectivity index (χ1v) is 6.83. The Hall–Kier alpha value is -2.08. The molecule has 0 amide bonds. The zero-order valence-corrected chi connectivity index (χ0v) is 11.0. The first kappa shape index (κ1) is 11.7. The summed E-state index contributed by atoms with van der Waals surface area (Å²) in [6.45, 7) is 3.23. The van der Waals surface area contributed by atoms with Gasteiger partial charge in [-0.25, -0.2) is 0 Å². The third kappa shape index (κ3) is 2.12. The van der Waals surface area contributed by atoms with Crippen LogP contribution in [0.5, 0.6) is 11.5 Å². The van der Waals surface area contributed by atoms with Crippen molar-refractivity contribution in [3.8, 4) is 23.0 Å². The lowest BCUT2D eigenvalue weighted by molar-refractivity contribution is 0.174. The van der Waals surface area contributed by atoms with Crippen LogP contribution in [-0.2, 0) is 6.54 Å². The maximum atomic E-state index is 5.73. The minimum atomic E-state index is 0.267. The zero-order chi connectivity index (χ0) is 13.4. The van der Waals surface area contributed by atoms with Crippen LogP contribution in [0.4, 0.5) is 0 Å². The minimum absolute atomic E-state index is 0.267. The third-order valence-corrected chi connectivity index (χ3v) is 3.64. The maximum Gasteiger partial charge on any atom is 0.247 e. The van der Waals surface area contributed by atoms with Crippen molar-refractivity contribution in [3.63, 3.8) is 0 Å². The first-order chi connectivity index (χ1) is 9.88. The molecule has 0 atom stereocenters. The lowest BCUT2D eigenvalue weighted by Crippen LogP contribution is -2.18. The van der Waals surface area contributed by atoms with E-state index in [9.17, 15) is 0 Å². The molecule has 20 heavy (non-hydrogen) atoms. The van der Waals surface area contributed by atoms with Gasteiger partial charge in [0.05, 0.1) is 6.54 Å². The Labute approximate surface area is 116 Å². The molecule has 0 N–H and O–H groups in total. The Morgan fingerprint density at radius 2 is 1.90 bits per heavy atom. The highest BCUT2D eigenvalue weighted by molar-refractivity contribution is 5.60. The van der Waals surface area contributed by atoms with Gasteiger partial charge in [0.25, 0.3) is 0 Å². The molecule has 3 heterocycles. The summed E-state index contributed by atoms with van der Waals surface area (Å²) >= 11 is 0. The average molecular weight is 273 g/mol. The monoisotopic (exact) mass is 273 g/mol. The van der Waals surface area contributed by atoms with E-state index in [1.54, 1.807) is 0 Å². The number of aromatic nitrogens is 2. The van der Waals surface area contributed by atoms with Crippen molar-refractivity contribution in [3.05, 3.63) is 24.1 Å². The molecule has 1 fully saturated rings. The predicted molar refractivity (Wildman–Crippen MR) is 70.4 cm³/mol. The van der Waals surface area contributed by atoms with Gasteiger partial charge in [0.2, 0.25) is 18.6 Å². The highest BCUT2D eigenvalue weighted by Crippen LogP contribution is 2.35. The second kappa shape index (κ2) is 4.79. The number of likely N-dealkylation sites (tertiary alicyclic amines) is 1. The minimum Gasteiger partial charge on any atom is -0.454 e. The van der Waals surface area contributed by atoms with Crippen LogP contribution in [0.2, 0.25) is 0 Å². The van der Waals surface area contributed by atoms with Gasteiger partial charge in [0.1, 0.15) is 0 Å². The first-order valence-electron chi connectivity index (χ1n) is 6.83. The molecule has 0 spiro atoms. The highest BCUT2D eigenvalue weighted by Gasteiger charge is 2.18. The normalized spacial score (nSPS) is 17.8. The second-order valence-electron chi connectivity index (χ2n) is 5.05. The van der Waals surface area contributed by atoms with Crippen molar-refractivity contribution in [2.24, 2.45) is 0 Å². The van der Waals surface area contributed by atoms with Crippen LogP contribution in [0.1, 0.15) is 18.7 Å². The Morgan fingerprint density at radius 1 is 1.05 bits per heavy atom. The third-order valence-electron chi connectivity index (χ3n) is 3.64. The van der Waals surface area contributed by atoms with E-state index in [1.807, 2.05) is 18.2 Å². The number of nitrogens with zero attached hydrogens (tertiary/aromatic N) is 3. The van der Waals surface area contributed by atoms with Crippen molar-refractivity contribution in [1.82, 2.24) is 15.1 Å². The van der Waals surface area contributed by atoms with Crippen LogP contribution in [0.3, 0.4) is 0 Å². The van der Waals surface area contributed by atoms with Gasteiger partial charge in [-0.3, -0.25) is 4.90 Å². The van der Waals surface area contributed by atoms with Crippen LogP contribution in [0.25, 0.3) is 11.5 Å². The van der Waals surface area contributed by atoms with E-state index in [-0.39, 0.29) is 6.79 Å². The zero-order valence-electron chi connectivity index (χ0n) is 11.0. The van der Waals surface area contributed by atoms with Crippen LogP contribution >= 0.6 is 0 Å². The SMILES string of the molecule is c1cc2c(cc1-c1nnc(CN3CCCC3)o1)OCO2. The van der Waals surface area contributed by atoms with Crippen LogP contribution in [0.15, 0.2) is 22.6 Å². The van der Waals surface area contributed by atoms with E-state index >= 15 is 0 Å². The van der Waals surface area contributed by atoms with Crippen LogP contribution in [-0.4, -0.2) is 35.0 Å². The number of hydrogen-bond donors (Lipinski definition) is 0. The van der Waals surface area contributed by atoms with Crippen molar-refractivity contribution in [2.75, 3.05) is 19.9 Å². The Kier molecular flexibility index (Phi) is 2.81. The van der Waals surface area contributed by atoms with Gasteiger partial charge < -0.3 is 13.9 Å². The molecular formula is C14H15N3O3. The van der Waals surface area contributed by atoms with E-state index in [0.717, 1.165) is 36.7 Å². The molecule has 104 valence electrons. The van der Waals surface area contributed by atoms with Crippen molar-refractivity contribution >= 4 is 0 Å². The standard InChI is InChI=1S/C14H15N3O3/c1-2-6-17(5-1)8-13-15-16-14(20-13)10-3-4-11-12(7-10)19-9-18-11/h3-4,7H,1-2,5-6,8-9H2. The number of fused-ring (bicyclic) bond motifs is 1. The lowest BCUT2D eigenvalue weighted by Gasteiger charge is -2.10. The van der Waals surface area contributed by atoms with Gasteiger partial charge >= 0.3 is 0 Å². The van der Waals surface area contributed by atoms with Crippen LogP contribution < -0.4 is 9.47 Å². The molecule has 6 heteroatoms. The van der Waals surface area contributed by atoms with Gasteiger partial charge in [-0.1, -0.05) is 0 Å². The summed E-state index contributed by atoms with van der Waals surface area (Å²) in [6, 6.07) is 5.64. The fraction of sp³-hybridized carbons (Fsp3) is 0.429. The molecule has 2 aliphatic heterocycles. The van der Waals surface area contributed by atoms with E-state index in [0.29, 0.717) is 11.8 Å². The molecule has 1 saturated heterocycles. The summed E-state index contributed by atoms with van der Waals surface area (Å²) in [7, 11) is 0. The van der Waals surface area contributed by atoms with Gasteiger partial charge in [0, 0.05) is 5.56 Å². The highest BCUT2D eigenvalue weighted by atomic mass is 16.7. The number of benzene rings is 1. The summed E-state index contributed by atoms with van der Waals surface area (Å²) in [5.41, 5.74) is 0.856. The smallest absolute Gasteiger partial charge is 0.247 e. The van der Waals surface area contributed by atoms with E-state index in [2.05, 4.69) is 15.1 Å². The summed E-state index contributed by atoms with van der Waals surface area (Å²) in [5.74, 6) is 2.67. The van der Waals surface area contributed by atoms with Crippen molar-refractivity contribution < 1.29 is 13.9 Å². The number of ether oxygens (including phenoxy) is 2. The molecule has 0 radical (unpaired) electrons. The molecule has 4 rings (SSSR count). The Morgan fingerprint density at radius 3 is 2.80 bits per heavy atom. The van der Waals surface area contributed by atoms with Gasteiger partial charge in [-0.2, -0.15) is 0 Å². The average Bonchev–Trinajstić information content (AvgIpc) is 3.19. The predicted octanol–water partition coefficient (Wildman–Crippen LogP) is 2.06. The number of hydrogen-bond acceptors (Lipinski definition) is 6. The maximum absolute atomic E-state index is 5.73. The molecule has 0 aliphatic carbocycles. The molecule has 6 nitrogen and oxygen atoms in total. The lowest BCUT2D eigenvalue weighted by atomic mass is 10.2. The summed E-state index contributed by atoms with van der Waals surface area (Å²) in [4.78, 5) is 2.33. The molecule has 0 unspecified atom stereocenters. The summed E-state index contributed by atoms with van der Waals surface area (Å²) in [5, 5.41) is 8.23. The summed E-state index contributed by atoms with van der Waals surface area (Å²) < 4.78 is 16.4. The molecule has 0 bridgehead atoms. The van der Waals surface area contributed by atoms with Crippen LogP contribution in [0, 0.1) is 0 Å². The largest absolute Gasteiger partial charge is 0.454 e. The molecule has 2 aromatic rings. The molecule has 1 aromatic carbocycles. The second-order valence-corrected chi connectivity index (χ2v) is 5.05. The fourth-order valence-electron chi connectivity index (χ4n) is 2.60. The molecule has 2 aliphatic rings. The molecular weight excluding hydrogens is 258 g/mol. The van der Waals surface area contributed by atoms with Gasteiger partial charge in [0.15, 0.2) is 11.5 Å². The number of rotatable bonds is 3. The summed E-state index contributed by atoms with van der Waals surface area (Å²) in [6.07, 6.45) is 2.51. The topological polar surface area (TPSA) is 60.6 Å². The van der Waals surface area contributed by atoms with Gasteiger partial charge in [-0.05, 0) is 44.1 Å². The van der Waals surface area contributed by atoms with E-state index in [1.165, 1.54) is 12.8 Å². The van der Waals surface area contributed by atoms with E-state index in [4.69, 9.17) is 13.9 Å². The van der Waals surface area contributed by atoms with E-state index < -0.39 is 0 Å². The quantitative estimate of drug-likeness (QED) is 0.853. The fourth-order valence-corrected chi connectivity index (χ4v) is 2.60. The van der Waals surface area contributed by atoms with Gasteiger partial charge in [-0.15, -0.1) is 10.2 Å².